The van der Waals surface area contributed by atoms with E-state index in [-0.39, 0.29) is 30.8 Å². The normalized spacial score (nSPS) is 10.7. The summed E-state index contributed by atoms with van der Waals surface area (Å²) in [6.07, 6.45) is 0.262. The molecule has 0 aliphatic carbocycles. The summed E-state index contributed by atoms with van der Waals surface area (Å²) in [6, 6.07) is 12.5. The highest BCUT2D eigenvalue weighted by molar-refractivity contribution is 5.99. The second-order valence-corrected chi connectivity index (χ2v) is 6.43. The van der Waals surface area contributed by atoms with Crippen molar-refractivity contribution >= 4 is 22.7 Å². The highest BCUT2D eigenvalue weighted by atomic mass is 16.5. The number of aryl methyl sites for hydroxylation is 3. The number of nitrogens with zero attached hydrogens (tertiary/aromatic N) is 1. The minimum Gasteiger partial charge on any atom is -0.457 e. The van der Waals surface area contributed by atoms with E-state index in [9.17, 15) is 14.4 Å². The van der Waals surface area contributed by atoms with Crippen LogP contribution in [-0.4, -0.2) is 28.3 Å². The largest absolute Gasteiger partial charge is 0.457 e. The summed E-state index contributed by atoms with van der Waals surface area (Å²) in [5.74, 6) is -0.335. The molecule has 0 saturated heterocycles. The zero-order valence-electron chi connectivity index (χ0n) is 15.2. The van der Waals surface area contributed by atoms with Crippen molar-refractivity contribution in [3.8, 4) is 0 Å². The van der Waals surface area contributed by atoms with Crippen LogP contribution in [0.1, 0.15) is 33.7 Å². The van der Waals surface area contributed by atoms with Crippen LogP contribution in [0.3, 0.4) is 0 Å². The topological polar surface area (TPSA) is 89.1 Å². The Morgan fingerprint density at radius 1 is 1.11 bits per heavy atom. The molecule has 6 nitrogen and oxygen atoms in total. The quantitative estimate of drug-likeness (QED) is 0.537. The number of hydrogen-bond acceptors (Lipinski definition) is 5. The number of ketones is 1. The van der Waals surface area contributed by atoms with E-state index < -0.39 is 5.97 Å². The van der Waals surface area contributed by atoms with E-state index in [2.05, 4.69) is 9.97 Å². The Morgan fingerprint density at radius 2 is 1.89 bits per heavy atom. The Labute approximate surface area is 156 Å². The van der Waals surface area contributed by atoms with Crippen LogP contribution in [0.15, 0.2) is 47.3 Å². The number of esters is 1. The SMILES string of the molecule is Cc1ccc(C(=O)COC(=O)CCc2nc3ccccc3c(=O)[nH]2)c(C)c1. The highest BCUT2D eigenvalue weighted by Crippen LogP contribution is 2.12. The molecule has 3 aromatic rings. The van der Waals surface area contributed by atoms with Crippen LogP contribution in [0.4, 0.5) is 0 Å². The number of rotatable bonds is 6. The van der Waals surface area contributed by atoms with Crippen LogP contribution in [0.25, 0.3) is 10.9 Å². The first-order valence-electron chi connectivity index (χ1n) is 8.68. The number of carbonyl (C=O) groups excluding carboxylic acids is 2. The van der Waals surface area contributed by atoms with Gasteiger partial charge in [-0.1, -0.05) is 35.9 Å². The molecule has 0 spiro atoms. The molecule has 138 valence electrons. The van der Waals surface area contributed by atoms with Crippen molar-refractivity contribution in [2.75, 3.05) is 6.61 Å². The molecule has 0 fully saturated rings. The Hall–Kier alpha value is -3.28. The van der Waals surface area contributed by atoms with Crippen LogP contribution in [0.2, 0.25) is 0 Å². The molecular formula is C21H20N2O4. The van der Waals surface area contributed by atoms with Crippen LogP contribution >= 0.6 is 0 Å². The Morgan fingerprint density at radius 3 is 2.67 bits per heavy atom. The van der Waals surface area contributed by atoms with Gasteiger partial charge in [-0.2, -0.15) is 0 Å². The van der Waals surface area contributed by atoms with Gasteiger partial charge in [0, 0.05) is 12.0 Å². The molecule has 27 heavy (non-hydrogen) atoms. The first-order valence-corrected chi connectivity index (χ1v) is 8.68. The van der Waals surface area contributed by atoms with Gasteiger partial charge in [0.25, 0.3) is 5.56 Å². The van der Waals surface area contributed by atoms with Crippen molar-refractivity contribution in [2.24, 2.45) is 0 Å². The molecular weight excluding hydrogens is 344 g/mol. The Kier molecular flexibility index (Phi) is 5.45. The number of carbonyl (C=O) groups is 2. The van der Waals surface area contributed by atoms with Crippen LogP contribution in [0, 0.1) is 13.8 Å². The average Bonchev–Trinajstić information content (AvgIpc) is 2.64. The van der Waals surface area contributed by atoms with Gasteiger partial charge in [0.15, 0.2) is 6.61 Å². The van der Waals surface area contributed by atoms with Gasteiger partial charge in [-0.25, -0.2) is 4.98 Å². The number of fused-ring (bicyclic) bond motifs is 1. The number of benzene rings is 2. The standard InChI is InChI=1S/C21H20N2O4/c1-13-7-8-15(14(2)11-13)18(24)12-27-20(25)10-9-19-22-17-6-4-3-5-16(17)21(26)23-19/h3-8,11H,9-10,12H2,1-2H3,(H,22,23,26). The maximum atomic E-state index is 12.2. The van der Waals surface area contributed by atoms with Gasteiger partial charge in [0.1, 0.15) is 5.82 Å². The van der Waals surface area contributed by atoms with Crippen LogP contribution in [-0.2, 0) is 16.0 Å². The molecule has 1 aromatic heterocycles. The van der Waals surface area contributed by atoms with E-state index >= 15 is 0 Å². The van der Waals surface area contributed by atoms with Crippen molar-refractivity contribution in [2.45, 2.75) is 26.7 Å². The lowest BCUT2D eigenvalue weighted by atomic mass is 10.0. The summed E-state index contributed by atoms with van der Waals surface area (Å²) >= 11 is 0. The van der Waals surface area contributed by atoms with E-state index in [1.165, 1.54) is 0 Å². The molecule has 1 heterocycles. The zero-order chi connectivity index (χ0) is 19.4. The number of Topliss-reactive ketones (excluding diaryl/α,β-unsaturated/α-hetero) is 1. The third-order valence-electron chi connectivity index (χ3n) is 4.27. The van der Waals surface area contributed by atoms with Gasteiger partial charge < -0.3 is 9.72 Å². The monoisotopic (exact) mass is 364 g/mol. The molecule has 3 rings (SSSR count). The van der Waals surface area contributed by atoms with E-state index in [4.69, 9.17) is 4.74 Å². The third kappa shape index (κ3) is 4.47. The third-order valence-corrected chi connectivity index (χ3v) is 4.27. The van der Waals surface area contributed by atoms with Crippen molar-refractivity contribution in [3.63, 3.8) is 0 Å². The lowest BCUT2D eigenvalue weighted by Crippen LogP contribution is -2.17. The summed E-state index contributed by atoms with van der Waals surface area (Å²) in [4.78, 5) is 43.2. The Bertz CT molecular complexity index is 1070. The molecule has 0 atom stereocenters. The number of nitrogens with one attached hydrogen (secondary N) is 1. The first kappa shape index (κ1) is 18.5. The summed E-state index contributed by atoms with van der Waals surface area (Å²) in [6.45, 7) is 3.50. The zero-order valence-corrected chi connectivity index (χ0v) is 15.2. The maximum absolute atomic E-state index is 12.2. The van der Waals surface area contributed by atoms with Gasteiger partial charge in [-0.3, -0.25) is 14.4 Å². The number of hydrogen-bond donors (Lipinski definition) is 1. The minimum atomic E-state index is -0.510. The van der Waals surface area contributed by atoms with E-state index in [1.54, 1.807) is 30.3 Å². The van der Waals surface area contributed by atoms with Crippen molar-refractivity contribution < 1.29 is 14.3 Å². The lowest BCUT2D eigenvalue weighted by Gasteiger charge is -2.07. The van der Waals surface area contributed by atoms with E-state index in [0.29, 0.717) is 22.3 Å². The molecule has 0 saturated carbocycles. The maximum Gasteiger partial charge on any atom is 0.306 e. The fourth-order valence-corrected chi connectivity index (χ4v) is 2.90. The molecule has 0 amide bonds. The summed E-state index contributed by atoms with van der Waals surface area (Å²) in [5.41, 5.74) is 2.81. The molecule has 6 heteroatoms. The number of ether oxygens (including phenoxy) is 1. The van der Waals surface area contributed by atoms with Gasteiger partial charge in [0.2, 0.25) is 5.78 Å². The fraction of sp³-hybridized carbons (Fsp3) is 0.238. The van der Waals surface area contributed by atoms with Crippen LogP contribution in [0.5, 0.6) is 0 Å². The fourth-order valence-electron chi connectivity index (χ4n) is 2.90. The number of para-hydroxylation sites is 1. The van der Waals surface area contributed by atoms with Crippen molar-refractivity contribution in [1.29, 1.82) is 0 Å². The van der Waals surface area contributed by atoms with Crippen molar-refractivity contribution in [1.82, 2.24) is 9.97 Å². The van der Waals surface area contributed by atoms with Gasteiger partial charge in [-0.15, -0.1) is 0 Å². The summed E-state index contributed by atoms with van der Waals surface area (Å²) in [7, 11) is 0. The number of aromatic amines is 1. The molecule has 0 aliphatic rings. The molecule has 0 aliphatic heterocycles. The smallest absolute Gasteiger partial charge is 0.306 e. The molecule has 0 bridgehead atoms. The summed E-state index contributed by atoms with van der Waals surface area (Å²) in [5, 5.41) is 0.503. The number of H-pyrrole nitrogens is 1. The predicted octanol–water partition coefficient (Wildman–Crippen LogP) is 2.90. The first-order chi connectivity index (χ1) is 12.9. The molecule has 0 unspecified atom stereocenters. The lowest BCUT2D eigenvalue weighted by molar-refractivity contribution is -0.142. The average molecular weight is 364 g/mol. The predicted molar refractivity (Wildman–Crippen MR) is 102 cm³/mol. The van der Waals surface area contributed by atoms with Gasteiger partial charge >= 0.3 is 5.97 Å². The second-order valence-electron chi connectivity index (χ2n) is 6.43. The van der Waals surface area contributed by atoms with Crippen molar-refractivity contribution in [3.05, 3.63) is 75.3 Å². The van der Waals surface area contributed by atoms with Gasteiger partial charge in [-0.05, 0) is 31.5 Å². The van der Waals surface area contributed by atoms with E-state index in [1.807, 2.05) is 26.0 Å². The van der Waals surface area contributed by atoms with E-state index in [0.717, 1.165) is 11.1 Å². The number of aromatic nitrogens is 2. The molecule has 2 aromatic carbocycles. The second kappa shape index (κ2) is 7.95. The Balaban J connectivity index is 1.57. The molecule has 0 radical (unpaired) electrons. The minimum absolute atomic E-state index is 0.0292. The van der Waals surface area contributed by atoms with Crippen LogP contribution < -0.4 is 5.56 Å². The molecule has 1 N–H and O–H groups in total. The summed E-state index contributed by atoms with van der Waals surface area (Å²) < 4.78 is 5.07. The van der Waals surface area contributed by atoms with Gasteiger partial charge in [0.05, 0.1) is 17.3 Å². The highest BCUT2D eigenvalue weighted by Gasteiger charge is 2.13.